The lowest BCUT2D eigenvalue weighted by Crippen LogP contribution is -2.29. The van der Waals surface area contributed by atoms with E-state index in [0.717, 1.165) is 41.5 Å². The average Bonchev–Trinajstić information content (AvgIpc) is 3.08. The lowest BCUT2D eigenvalue weighted by atomic mass is 9.93. The Hall–Kier alpha value is -2.25. The molecule has 0 spiro atoms. The molecule has 3 N–H and O–H groups in total. The second-order valence-electron chi connectivity index (χ2n) is 6.51. The molecule has 0 saturated heterocycles. The molecule has 4 rings (SSSR count). The van der Waals surface area contributed by atoms with Crippen LogP contribution in [0.5, 0.6) is 5.75 Å². The van der Waals surface area contributed by atoms with Crippen LogP contribution in [-0.2, 0) is 0 Å². The van der Waals surface area contributed by atoms with Crippen LogP contribution < -0.4 is 5.32 Å². The molecule has 1 aromatic carbocycles. The van der Waals surface area contributed by atoms with E-state index in [9.17, 15) is 10.2 Å². The van der Waals surface area contributed by atoms with E-state index in [1.165, 1.54) is 0 Å². The standard InChI is InChI=1S/C18H20N4O2S/c1-10-16(14-6-7-15-13(17(14)24)8-9-25-15)21-22-18(19-10)20-11-2-4-12(23)5-3-11/h6-9,11-12,23-24H,2-5H2,1H3,(H,19,20,22). The molecule has 0 atom stereocenters. The van der Waals surface area contributed by atoms with Gasteiger partial charge in [-0.15, -0.1) is 21.5 Å². The molecule has 0 aliphatic heterocycles. The van der Waals surface area contributed by atoms with Crippen molar-refractivity contribution in [3.8, 4) is 17.0 Å². The summed E-state index contributed by atoms with van der Waals surface area (Å²) in [6.45, 7) is 1.87. The number of nitrogens with one attached hydrogen (secondary N) is 1. The van der Waals surface area contributed by atoms with Gasteiger partial charge < -0.3 is 15.5 Å². The van der Waals surface area contributed by atoms with Gasteiger partial charge in [0.25, 0.3) is 0 Å². The number of aliphatic hydroxyl groups excluding tert-OH is 1. The summed E-state index contributed by atoms with van der Waals surface area (Å²) in [6, 6.07) is 6.02. The van der Waals surface area contributed by atoms with E-state index in [2.05, 4.69) is 20.5 Å². The zero-order valence-electron chi connectivity index (χ0n) is 13.9. The van der Waals surface area contributed by atoms with Crippen molar-refractivity contribution >= 4 is 27.4 Å². The van der Waals surface area contributed by atoms with Crippen molar-refractivity contribution < 1.29 is 10.2 Å². The monoisotopic (exact) mass is 356 g/mol. The largest absolute Gasteiger partial charge is 0.507 e. The quantitative estimate of drug-likeness (QED) is 0.665. The molecular weight excluding hydrogens is 336 g/mol. The predicted molar refractivity (Wildman–Crippen MR) is 98.9 cm³/mol. The Balaban J connectivity index is 1.60. The van der Waals surface area contributed by atoms with Crippen LogP contribution in [0.1, 0.15) is 31.4 Å². The molecule has 25 heavy (non-hydrogen) atoms. The van der Waals surface area contributed by atoms with Crippen molar-refractivity contribution in [3.05, 3.63) is 29.3 Å². The highest BCUT2D eigenvalue weighted by Gasteiger charge is 2.21. The molecule has 0 amide bonds. The highest BCUT2D eigenvalue weighted by Crippen LogP contribution is 2.37. The molecular formula is C18H20N4O2S. The minimum atomic E-state index is -0.184. The summed E-state index contributed by atoms with van der Waals surface area (Å²) < 4.78 is 1.04. The fraction of sp³-hybridized carbons (Fsp3) is 0.389. The number of phenols is 1. The maximum atomic E-state index is 10.5. The van der Waals surface area contributed by atoms with Crippen LogP contribution in [0.25, 0.3) is 21.3 Å². The summed E-state index contributed by atoms with van der Waals surface area (Å²) in [4.78, 5) is 4.52. The first-order valence-corrected chi connectivity index (χ1v) is 9.35. The Morgan fingerprint density at radius 2 is 1.92 bits per heavy atom. The van der Waals surface area contributed by atoms with Crippen molar-refractivity contribution in [2.24, 2.45) is 0 Å². The summed E-state index contributed by atoms with van der Waals surface area (Å²) in [6.07, 6.45) is 3.23. The van der Waals surface area contributed by atoms with E-state index in [1.54, 1.807) is 11.3 Å². The SMILES string of the molecule is Cc1nc(NC2CCC(O)CC2)nnc1-c1ccc2sccc2c1O. The fourth-order valence-corrected chi connectivity index (χ4v) is 4.13. The molecule has 0 unspecified atom stereocenters. The predicted octanol–water partition coefficient (Wildman–Crippen LogP) is 3.48. The molecule has 1 fully saturated rings. The first-order chi connectivity index (χ1) is 12.1. The minimum absolute atomic E-state index is 0.184. The van der Waals surface area contributed by atoms with Crippen LogP contribution in [0.15, 0.2) is 23.6 Å². The van der Waals surface area contributed by atoms with Gasteiger partial charge in [-0.25, -0.2) is 4.98 Å². The van der Waals surface area contributed by atoms with Crippen molar-refractivity contribution in [2.75, 3.05) is 5.32 Å². The number of aromatic hydroxyl groups is 1. The maximum Gasteiger partial charge on any atom is 0.243 e. The summed E-state index contributed by atoms with van der Waals surface area (Å²) >= 11 is 1.59. The Labute approximate surface area is 149 Å². The van der Waals surface area contributed by atoms with Gasteiger partial charge in [-0.2, -0.15) is 0 Å². The highest BCUT2D eigenvalue weighted by molar-refractivity contribution is 7.17. The Kier molecular flexibility index (Phi) is 4.27. The Morgan fingerprint density at radius 3 is 2.68 bits per heavy atom. The molecule has 0 bridgehead atoms. The van der Waals surface area contributed by atoms with Gasteiger partial charge in [0.05, 0.1) is 11.8 Å². The Morgan fingerprint density at radius 1 is 1.12 bits per heavy atom. The van der Waals surface area contributed by atoms with Crippen molar-refractivity contribution in [2.45, 2.75) is 44.8 Å². The number of aliphatic hydroxyl groups is 1. The number of hydrogen-bond donors (Lipinski definition) is 3. The molecule has 1 aliphatic rings. The second-order valence-corrected chi connectivity index (χ2v) is 7.46. The molecule has 1 aliphatic carbocycles. The van der Waals surface area contributed by atoms with E-state index in [4.69, 9.17) is 0 Å². The number of hydrogen-bond acceptors (Lipinski definition) is 7. The lowest BCUT2D eigenvalue weighted by molar-refractivity contribution is 0.126. The number of aromatic nitrogens is 3. The number of aryl methyl sites for hydroxylation is 1. The van der Waals surface area contributed by atoms with Crippen molar-refractivity contribution in [1.82, 2.24) is 15.2 Å². The maximum absolute atomic E-state index is 10.5. The van der Waals surface area contributed by atoms with Crippen LogP contribution in [0.3, 0.4) is 0 Å². The van der Waals surface area contributed by atoms with Gasteiger partial charge in [0.15, 0.2) is 0 Å². The van der Waals surface area contributed by atoms with Crippen LogP contribution >= 0.6 is 11.3 Å². The minimum Gasteiger partial charge on any atom is -0.507 e. The molecule has 1 saturated carbocycles. The highest BCUT2D eigenvalue weighted by atomic mass is 32.1. The topological polar surface area (TPSA) is 91.2 Å². The van der Waals surface area contributed by atoms with Gasteiger partial charge in [-0.05, 0) is 56.2 Å². The van der Waals surface area contributed by atoms with E-state index < -0.39 is 0 Å². The first kappa shape index (κ1) is 16.2. The van der Waals surface area contributed by atoms with Crippen LogP contribution in [0.4, 0.5) is 5.95 Å². The third kappa shape index (κ3) is 3.17. The number of phenolic OH excluding ortho intramolecular Hbond substituents is 1. The van der Waals surface area contributed by atoms with E-state index in [1.807, 2.05) is 30.5 Å². The number of rotatable bonds is 3. The van der Waals surface area contributed by atoms with Gasteiger partial charge in [0.2, 0.25) is 5.95 Å². The lowest BCUT2D eigenvalue weighted by Gasteiger charge is -2.26. The third-order valence-electron chi connectivity index (χ3n) is 4.75. The van der Waals surface area contributed by atoms with Crippen LogP contribution in [-0.4, -0.2) is 37.5 Å². The summed E-state index contributed by atoms with van der Waals surface area (Å²) in [5, 5.41) is 34.7. The number of benzene rings is 1. The summed E-state index contributed by atoms with van der Waals surface area (Å²) in [5.41, 5.74) is 1.96. The molecule has 0 radical (unpaired) electrons. The van der Waals surface area contributed by atoms with Gasteiger partial charge in [0.1, 0.15) is 11.4 Å². The number of anilines is 1. The molecule has 2 aromatic heterocycles. The van der Waals surface area contributed by atoms with E-state index >= 15 is 0 Å². The Bertz CT molecular complexity index is 903. The first-order valence-electron chi connectivity index (χ1n) is 8.47. The molecule has 2 heterocycles. The molecule has 7 heteroatoms. The average molecular weight is 356 g/mol. The number of fused-ring (bicyclic) bond motifs is 1. The van der Waals surface area contributed by atoms with Gasteiger partial charge in [-0.1, -0.05) is 0 Å². The zero-order chi connectivity index (χ0) is 17.4. The number of nitrogens with zero attached hydrogens (tertiary/aromatic N) is 3. The normalized spacial score (nSPS) is 20.7. The van der Waals surface area contributed by atoms with Gasteiger partial charge in [-0.3, -0.25) is 0 Å². The van der Waals surface area contributed by atoms with Gasteiger partial charge in [0, 0.05) is 21.7 Å². The van der Waals surface area contributed by atoms with Gasteiger partial charge >= 0.3 is 0 Å². The van der Waals surface area contributed by atoms with Crippen LogP contribution in [0, 0.1) is 6.92 Å². The smallest absolute Gasteiger partial charge is 0.243 e. The van der Waals surface area contributed by atoms with E-state index in [0.29, 0.717) is 17.2 Å². The molecule has 6 nitrogen and oxygen atoms in total. The molecule has 3 aromatic rings. The summed E-state index contributed by atoms with van der Waals surface area (Å²) in [5.74, 6) is 0.721. The number of thiophene rings is 1. The van der Waals surface area contributed by atoms with Crippen molar-refractivity contribution in [1.29, 1.82) is 0 Å². The van der Waals surface area contributed by atoms with Crippen molar-refractivity contribution in [3.63, 3.8) is 0 Å². The second kappa shape index (κ2) is 6.57. The summed E-state index contributed by atoms with van der Waals surface area (Å²) in [7, 11) is 0. The fourth-order valence-electron chi connectivity index (χ4n) is 3.34. The van der Waals surface area contributed by atoms with E-state index in [-0.39, 0.29) is 17.9 Å². The third-order valence-corrected chi connectivity index (χ3v) is 5.63. The van der Waals surface area contributed by atoms with Crippen LogP contribution in [0.2, 0.25) is 0 Å². The zero-order valence-corrected chi connectivity index (χ0v) is 14.8. The molecule has 130 valence electrons.